The average molecular weight is 679 g/mol. The Hall–Kier alpha value is -5.70. The molecule has 6 aromatic rings. The van der Waals surface area contributed by atoms with Crippen molar-refractivity contribution in [1.29, 1.82) is 5.26 Å². The summed E-state index contributed by atoms with van der Waals surface area (Å²) >= 11 is 0. The topological polar surface area (TPSA) is 144 Å². The van der Waals surface area contributed by atoms with E-state index < -0.39 is 5.97 Å². The van der Waals surface area contributed by atoms with Gasteiger partial charge in [0.15, 0.2) is 11.4 Å². The molecule has 2 saturated heterocycles. The van der Waals surface area contributed by atoms with E-state index in [4.69, 9.17) is 14.4 Å². The number of nitrogens with one attached hydrogen (secondary N) is 1. The van der Waals surface area contributed by atoms with E-state index in [1.165, 1.54) is 12.8 Å². The molecule has 11 heteroatoms. The molecule has 0 bridgehead atoms. The van der Waals surface area contributed by atoms with Crippen LogP contribution in [0.25, 0.3) is 44.7 Å². The van der Waals surface area contributed by atoms with Crippen LogP contribution >= 0.6 is 0 Å². The number of rotatable bonds is 9. The first-order valence-corrected chi connectivity index (χ1v) is 17.4. The summed E-state index contributed by atoms with van der Waals surface area (Å²) < 4.78 is 6.28. The van der Waals surface area contributed by atoms with Crippen molar-refractivity contribution in [2.75, 3.05) is 31.5 Å². The van der Waals surface area contributed by atoms with E-state index in [-0.39, 0.29) is 5.92 Å². The van der Waals surface area contributed by atoms with Crippen LogP contribution in [0.15, 0.2) is 71.5 Å². The van der Waals surface area contributed by atoms with Gasteiger partial charge in [-0.25, -0.2) is 15.0 Å². The second-order valence-electron chi connectivity index (χ2n) is 13.7. The van der Waals surface area contributed by atoms with E-state index in [0.29, 0.717) is 54.4 Å². The normalized spacial score (nSPS) is 16.6. The first-order chi connectivity index (χ1) is 24.8. The maximum absolute atomic E-state index is 11.5. The molecule has 3 aromatic carbocycles. The van der Waals surface area contributed by atoms with Gasteiger partial charge in [0.1, 0.15) is 23.4 Å². The molecule has 0 amide bonds. The van der Waals surface area contributed by atoms with Crippen LogP contribution in [-0.4, -0.2) is 67.0 Å². The van der Waals surface area contributed by atoms with Gasteiger partial charge in [-0.2, -0.15) is 5.26 Å². The average Bonchev–Trinajstić information content (AvgIpc) is 3.91. The van der Waals surface area contributed by atoms with Crippen LogP contribution in [0.2, 0.25) is 0 Å². The Morgan fingerprint density at radius 2 is 1.67 bits per heavy atom. The fourth-order valence-electron chi connectivity index (χ4n) is 7.53. The van der Waals surface area contributed by atoms with Crippen LogP contribution in [0, 0.1) is 31.1 Å². The maximum Gasteiger partial charge on any atom is 0.307 e. The lowest BCUT2D eigenvalue weighted by Crippen LogP contribution is -2.22. The molecular formula is C40H38N8O3. The van der Waals surface area contributed by atoms with E-state index in [2.05, 4.69) is 63.2 Å². The number of likely N-dealkylation sites (tertiary alicyclic amines) is 2. The highest BCUT2D eigenvalue weighted by molar-refractivity contribution is 5.89. The third kappa shape index (κ3) is 6.40. The summed E-state index contributed by atoms with van der Waals surface area (Å²) in [7, 11) is 0. The Bertz CT molecular complexity index is 2340. The quantitative estimate of drug-likeness (QED) is 0.160. The number of hydrogen-bond donors (Lipinski definition) is 2. The van der Waals surface area contributed by atoms with Gasteiger partial charge in [0.25, 0.3) is 0 Å². The molecule has 0 radical (unpaired) electrons. The number of nitriles is 1. The van der Waals surface area contributed by atoms with Gasteiger partial charge in [-0.05, 0) is 116 Å². The Kier molecular flexibility index (Phi) is 8.63. The van der Waals surface area contributed by atoms with Gasteiger partial charge in [-0.1, -0.05) is 24.3 Å². The molecule has 0 aliphatic carbocycles. The van der Waals surface area contributed by atoms with Gasteiger partial charge in [0.2, 0.25) is 5.89 Å². The first kappa shape index (κ1) is 32.5. The second-order valence-corrected chi connectivity index (χ2v) is 13.7. The predicted molar refractivity (Wildman–Crippen MR) is 195 cm³/mol. The molecule has 2 aliphatic rings. The van der Waals surface area contributed by atoms with Crippen molar-refractivity contribution in [2.45, 2.75) is 46.2 Å². The van der Waals surface area contributed by atoms with E-state index in [1.54, 1.807) is 6.33 Å². The summed E-state index contributed by atoms with van der Waals surface area (Å²) in [4.78, 5) is 34.8. The van der Waals surface area contributed by atoms with Crippen LogP contribution in [0.3, 0.4) is 0 Å². The number of nitrogens with zero attached hydrogens (tertiary/aromatic N) is 7. The molecule has 11 nitrogen and oxygen atoms in total. The molecule has 1 unspecified atom stereocenters. The van der Waals surface area contributed by atoms with E-state index in [1.807, 2.05) is 42.6 Å². The number of benzene rings is 3. The number of hydrogen-bond acceptors (Lipinski definition) is 10. The molecule has 2 aliphatic heterocycles. The van der Waals surface area contributed by atoms with Crippen LogP contribution in [-0.2, 0) is 17.9 Å². The standard InChI is InChI=1S/C40H38N8O3/c1-24-30(7-5-9-32(24)39-46-35-16-26(15-29(18-41)37(35)51-39)20-48-14-11-28(22-48)40(49)50)31-8-6-10-33(25(31)2)45-38-36-34(43-23-44-38)17-27(19-42-36)21-47-12-3-4-13-47/h5-10,15-17,19,23,28H,3-4,11-14,20-22H2,1-2H3,(H,49,50)(H,43,44,45). The smallest absolute Gasteiger partial charge is 0.307 e. The number of aromatic nitrogens is 4. The van der Waals surface area contributed by atoms with Crippen molar-refractivity contribution in [3.63, 3.8) is 0 Å². The first-order valence-electron chi connectivity index (χ1n) is 17.4. The van der Waals surface area contributed by atoms with Gasteiger partial charge in [-0.3, -0.25) is 19.6 Å². The Morgan fingerprint density at radius 1 is 0.922 bits per heavy atom. The van der Waals surface area contributed by atoms with Crippen molar-refractivity contribution in [2.24, 2.45) is 5.92 Å². The molecule has 5 heterocycles. The zero-order chi connectivity index (χ0) is 35.1. The van der Waals surface area contributed by atoms with Crippen LogP contribution < -0.4 is 5.32 Å². The molecule has 0 saturated carbocycles. The third-order valence-corrected chi connectivity index (χ3v) is 10.3. The summed E-state index contributed by atoms with van der Waals surface area (Å²) in [6, 6.07) is 20.4. The Labute approximate surface area is 295 Å². The van der Waals surface area contributed by atoms with Gasteiger partial charge in [-0.15, -0.1) is 0 Å². The number of pyridine rings is 1. The molecule has 0 spiro atoms. The number of carbonyl (C=O) groups is 1. The molecule has 1 atom stereocenters. The van der Waals surface area contributed by atoms with Crippen molar-refractivity contribution in [1.82, 2.24) is 29.7 Å². The summed E-state index contributed by atoms with van der Waals surface area (Å²) in [5, 5.41) is 22.9. The summed E-state index contributed by atoms with van der Waals surface area (Å²) in [5.74, 6) is -0.0233. The molecule has 3 aromatic heterocycles. The van der Waals surface area contributed by atoms with Gasteiger partial charge >= 0.3 is 5.97 Å². The van der Waals surface area contributed by atoms with Crippen molar-refractivity contribution in [3.05, 3.63) is 94.9 Å². The fraction of sp³-hybridized carbons (Fsp3) is 0.300. The lowest BCUT2D eigenvalue weighted by Gasteiger charge is -2.17. The van der Waals surface area contributed by atoms with Crippen molar-refractivity contribution in [3.8, 4) is 28.7 Å². The van der Waals surface area contributed by atoms with E-state index in [0.717, 1.165) is 75.3 Å². The van der Waals surface area contributed by atoms with E-state index >= 15 is 0 Å². The highest BCUT2D eigenvalue weighted by Gasteiger charge is 2.28. The zero-order valence-corrected chi connectivity index (χ0v) is 28.7. The van der Waals surface area contributed by atoms with Crippen LogP contribution in [0.4, 0.5) is 11.5 Å². The molecule has 2 N–H and O–H groups in total. The summed E-state index contributed by atoms with van der Waals surface area (Å²) in [5.41, 5.74) is 11.0. The third-order valence-electron chi connectivity index (χ3n) is 10.3. The van der Waals surface area contributed by atoms with Gasteiger partial charge in [0, 0.05) is 37.1 Å². The zero-order valence-electron chi connectivity index (χ0n) is 28.7. The van der Waals surface area contributed by atoms with Crippen LogP contribution in [0.5, 0.6) is 0 Å². The highest BCUT2D eigenvalue weighted by Crippen LogP contribution is 2.38. The second kappa shape index (κ2) is 13.5. The maximum atomic E-state index is 11.5. The summed E-state index contributed by atoms with van der Waals surface area (Å²) in [6.45, 7) is 9.04. The van der Waals surface area contributed by atoms with Gasteiger partial charge in [0.05, 0.1) is 17.0 Å². The van der Waals surface area contributed by atoms with Crippen LogP contribution in [0.1, 0.15) is 47.1 Å². The van der Waals surface area contributed by atoms with Crippen molar-refractivity contribution < 1.29 is 14.3 Å². The van der Waals surface area contributed by atoms with Crippen molar-refractivity contribution >= 4 is 39.6 Å². The minimum atomic E-state index is -0.763. The lowest BCUT2D eigenvalue weighted by molar-refractivity contribution is -0.141. The lowest BCUT2D eigenvalue weighted by atomic mass is 9.93. The molecule has 256 valence electrons. The number of carboxylic acid groups (broad SMARTS) is 1. The fourth-order valence-corrected chi connectivity index (χ4v) is 7.53. The minimum absolute atomic E-state index is 0.361. The monoisotopic (exact) mass is 678 g/mol. The number of aliphatic carboxylic acids is 1. The largest absolute Gasteiger partial charge is 0.481 e. The highest BCUT2D eigenvalue weighted by atomic mass is 16.4. The Morgan fingerprint density at radius 3 is 2.45 bits per heavy atom. The molecule has 8 rings (SSSR count). The SMILES string of the molecule is Cc1c(Nc2ncnc3cc(CN4CCCC4)cnc23)cccc1-c1cccc(-c2nc3cc(CN4CCC(C(=O)O)C4)cc(C#N)c3o2)c1C. The minimum Gasteiger partial charge on any atom is -0.481 e. The number of anilines is 2. The number of carboxylic acids is 1. The van der Waals surface area contributed by atoms with Gasteiger partial charge < -0.3 is 14.8 Å². The molecule has 2 fully saturated rings. The number of fused-ring (bicyclic) bond motifs is 2. The predicted octanol–water partition coefficient (Wildman–Crippen LogP) is 7.23. The molecular weight excluding hydrogens is 640 g/mol. The van der Waals surface area contributed by atoms with E-state index in [9.17, 15) is 15.2 Å². The summed E-state index contributed by atoms with van der Waals surface area (Å²) in [6.07, 6.45) is 6.64. The number of oxazole rings is 1. The Balaban J connectivity index is 1.08. The molecule has 51 heavy (non-hydrogen) atoms.